The fourth-order valence-electron chi connectivity index (χ4n) is 2.54. The maximum atomic E-state index is 12.4. The van der Waals surface area contributed by atoms with Gasteiger partial charge in [-0.25, -0.2) is 0 Å². The van der Waals surface area contributed by atoms with Crippen LogP contribution in [0.3, 0.4) is 0 Å². The van der Waals surface area contributed by atoms with Crippen LogP contribution in [0, 0.1) is 5.92 Å². The monoisotopic (exact) mass is 267 g/mol. The Balaban J connectivity index is 2.00. The van der Waals surface area contributed by atoms with Crippen LogP contribution < -0.4 is 0 Å². The molecule has 1 aromatic rings. The van der Waals surface area contributed by atoms with E-state index < -0.39 is 0 Å². The molecule has 1 aliphatic rings. The van der Waals surface area contributed by atoms with E-state index in [-0.39, 0.29) is 23.8 Å². The zero-order valence-corrected chi connectivity index (χ0v) is 11.8. The summed E-state index contributed by atoms with van der Waals surface area (Å²) in [6.07, 6.45) is 1.70. The van der Waals surface area contributed by atoms with Gasteiger partial charge in [0.15, 0.2) is 0 Å². The number of aliphatic hydroxyl groups is 1. The van der Waals surface area contributed by atoms with Crippen LogP contribution in [0.2, 0.25) is 0 Å². The highest BCUT2D eigenvalue weighted by Crippen LogP contribution is 2.26. The molecule has 1 N–H and O–H groups in total. The zero-order chi connectivity index (χ0) is 13.1. The summed E-state index contributed by atoms with van der Waals surface area (Å²) in [5, 5.41) is 11.7. The van der Waals surface area contributed by atoms with Crippen molar-refractivity contribution in [1.82, 2.24) is 4.90 Å². The smallest absolute Gasteiger partial charge is 0.230 e. The second-order valence-corrected chi connectivity index (χ2v) is 6.14. The average molecular weight is 267 g/mol. The summed E-state index contributed by atoms with van der Waals surface area (Å²) in [6.45, 7) is 5.32. The van der Waals surface area contributed by atoms with Crippen LogP contribution >= 0.6 is 11.3 Å². The average Bonchev–Trinajstić information content (AvgIpc) is 2.91. The molecule has 1 amide bonds. The van der Waals surface area contributed by atoms with Crippen LogP contribution in [0.25, 0.3) is 0 Å². The van der Waals surface area contributed by atoms with Crippen molar-refractivity contribution >= 4 is 17.2 Å². The van der Waals surface area contributed by atoms with E-state index in [1.165, 1.54) is 0 Å². The summed E-state index contributed by atoms with van der Waals surface area (Å²) >= 11 is 1.63. The minimum absolute atomic E-state index is 0.0576. The maximum absolute atomic E-state index is 12.4. The molecule has 0 aliphatic carbocycles. The molecular weight excluding hydrogens is 246 g/mol. The van der Waals surface area contributed by atoms with Gasteiger partial charge in [-0.1, -0.05) is 6.07 Å². The van der Waals surface area contributed by atoms with Crippen LogP contribution in [0.5, 0.6) is 0 Å². The molecule has 18 heavy (non-hydrogen) atoms. The van der Waals surface area contributed by atoms with Crippen molar-refractivity contribution in [3.63, 3.8) is 0 Å². The third-order valence-corrected chi connectivity index (χ3v) is 4.85. The summed E-state index contributed by atoms with van der Waals surface area (Å²) < 4.78 is 0. The van der Waals surface area contributed by atoms with Crippen molar-refractivity contribution in [3.8, 4) is 0 Å². The van der Waals surface area contributed by atoms with E-state index in [1.54, 1.807) is 11.3 Å². The highest BCUT2D eigenvalue weighted by Gasteiger charge is 2.29. The van der Waals surface area contributed by atoms with Crippen LogP contribution in [0.15, 0.2) is 17.5 Å². The number of likely N-dealkylation sites (tertiary alicyclic amines) is 1. The number of hydrogen-bond donors (Lipinski definition) is 1. The standard InChI is InChI=1S/C14H21NO2S/c1-10(13-6-4-8-18-13)14(17)15-7-3-5-12(9-15)11(2)16/h4,6,8,10-12,16H,3,5,7,9H2,1-2H3. The van der Waals surface area contributed by atoms with Crippen LogP contribution in [-0.4, -0.2) is 35.1 Å². The molecular formula is C14H21NO2S. The third kappa shape index (κ3) is 2.93. The molecule has 1 saturated heterocycles. The number of aliphatic hydroxyl groups excluding tert-OH is 1. The van der Waals surface area contributed by atoms with E-state index in [9.17, 15) is 9.90 Å². The Morgan fingerprint density at radius 3 is 2.94 bits per heavy atom. The summed E-state index contributed by atoms with van der Waals surface area (Å²) in [6, 6.07) is 4.00. The molecule has 2 rings (SSSR count). The van der Waals surface area contributed by atoms with Crippen molar-refractivity contribution in [2.75, 3.05) is 13.1 Å². The molecule has 3 unspecified atom stereocenters. The first-order chi connectivity index (χ1) is 8.59. The van der Waals surface area contributed by atoms with Gasteiger partial charge in [0.2, 0.25) is 5.91 Å². The van der Waals surface area contributed by atoms with Crippen LogP contribution in [0.1, 0.15) is 37.5 Å². The SMILES string of the molecule is CC(C(=O)N1CCCC(C(C)O)C1)c1cccs1. The van der Waals surface area contributed by atoms with Crippen LogP contribution in [0.4, 0.5) is 0 Å². The van der Waals surface area contributed by atoms with Gasteiger partial charge in [-0.2, -0.15) is 0 Å². The van der Waals surface area contributed by atoms with Crippen molar-refractivity contribution in [2.24, 2.45) is 5.92 Å². The van der Waals surface area contributed by atoms with Crippen molar-refractivity contribution in [1.29, 1.82) is 0 Å². The second-order valence-electron chi connectivity index (χ2n) is 5.16. The number of nitrogens with zero attached hydrogens (tertiary/aromatic N) is 1. The van der Waals surface area contributed by atoms with Gasteiger partial charge in [0.05, 0.1) is 12.0 Å². The van der Waals surface area contributed by atoms with Gasteiger partial charge in [0.25, 0.3) is 0 Å². The van der Waals surface area contributed by atoms with Gasteiger partial charge in [-0.05, 0) is 38.1 Å². The Labute approximate surface area is 112 Å². The predicted molar refractivity (Wildman–Crippen MR) is 73.7 cm³/mol. The number of piperidine rings is 1. The van der Waals surface area contributed by atoms with E-state index in [4.69, 9.17) is 0 Å². The molecule has 3 atom stereocenters. The van der Waals surface area contributed by atoms with Crippen molar-refractivity contribution in [3.05, 3.63) is 22.4 Å². The van der Waals surface area contributed by atoms with E-state index in [1.807, 2.05) is 36.3 Å². The van der Waals surface area contributed by atoms with E-state index >= 15 is 0 Å². The van der Waals surface area contributed by atoms with E-state index in [0.717, 1.165) is 24.3 Å². The first-order valence-corrected chi connectivity index (χ1v) is 7.48. The highest BCUT2D eigenvalue weighted by molar-refractivity contribution is 7.10. The normalized spacial score (nSPS) is 23.7. The fraction of sp³-hybridized carbons (Fsp3) is 0.643. The maximum Gasteiger partial charge on any atom is 0.230 e. The lowest BCUT2D eigenvalue weighted by Crippen LogP contribution is -2.44. The molecule has 1 aliphatic heterocycles. The molecule has 0 radical (unpaired) electrons. The van der Waals surface area contributed by atoms with Gasteiger partial charge in [0, 0.05) is 23.9 Å². The molecule has 1 fully saturated rings. The lowest BCUT2D eigenvalue weighted by atomic mass is 9.92. The number of rotatable bonds is 3. The lowest BCUT2D eigenvalue weighted by Gasteiger charge is -2.35. The minimum Gasteiger partial charge on any atom is -0.393 e. The molecule has 3 nitrogen and oxygen atoms in total. The third-order valence-electron chi connectivity index (χ3n) is 3.79. The van der Waals surface area contributed by atoms with Gasteiger partial charge in [0.1, 0.15) is 0 Å². The molecule has 0 aromatic carbocycles. The second kappa shape index (κ2) is 5.85. The largest absolute Gasteiger partial charge is 0.393 e. The molecule has 4 heteroatoms. The summed E-state index contributed by atoms with van der Waals surface area (Å²) in [5.74, 6) is 0.374. The first-order valence-electron chi connectivity index (χ1n) is 6.60. The van der Waals surface area contributed by atoms with Crippen LogP contribution in [-0.2, 0) is 4.79 Å². The summed E-state index contributed by atoms with van der Waals surface area (Å²) in [4.78, 5) is 15.5. The Morgan fingerprint density at radius 2 is 2.33 bits per heavy atom. The highest BCUT2D eigenvalue weighted by atomic mass is 32.1. The topological polar surface area (TPSA) is 40.5 Å². The Bertz CT molecular complexity index is 389. The van der Waals surface area contributed by atoms with E-state index in [2.05, 4.69) is 0 Å². The Kier molecular flexibility index (Phi) is 4.40. The van der Waals surface area contributed by atoms with Gasteiger partial charge in [-0.15, -0.1) is 11.3 Å². The molecule has 1 aromatic heterocycles. The van der Waals surface area contributed by atoms with Gasteiger partial charge >= 0.3 is 0 Å². The minimum atomic E-state index is -0.322. The first kappa shape index (κ1) is 13.6. The number of thiophene rings is 1. The van der Waals surface area contributed by atoms with Crippen molar-refractivity contribution < 1.29 is 9.90 Å². The number of carbonyl (C=O) groups is 1. The molecule has 0 saturated carbocycles. The van der Waals surface area contributed by atoms with E-state index in [0.29, 0.717) is 6.54 Å². The van der Waals surface area contributed by atoms with Crippen molar-refractivity contribution in [2.45, 2.75) is 38.7 Å². The quantitative estimate of drug-likeness (QED) is 0.914. The van der Waals surface area contributed by atoms with Gasteiger partial charge < -0.3 is 10.0 Å². The zero-order valence-electron chi connectivity index (χ0n) is 11.0. The molecule has 100 valence electrons. The molecule has 0 bridgehead atoms. The number of amides is 1. The Hall–Kier alpha value is -0.870. The Morgan fingerprint density at radius 1 is 1.56 bits per heavy atom. The summed E-state index contributed by atoms with van der Waals surface area (Å²) in [5.41, 5.74) is 0. The summed E-state index contributed by atoms with van der Waals surface area (Å²) in [7, 11) is 0. The number of hydrogen-bond acceptors (Lipinski definition) is 3. The molecule has 2 heterocycles. The van der Waals surface area contributed by atoms with Gasteiger partial charge in [-0.3, -0.25) is 4.79 Å². The molecule has 0 spiro atoms. The fourth-order valence-corrected chi connectivity index (χ4v) is 3.31. The lowest BCUT2D eigenvalue weighted by molar-refractivity contribution is -0.135. The number of carbonyl (C=O) groups excluding carboxylic acids is 1. The predicted octanol–water partition coefficient (Wildman–Crippen LogP) is 2.47.